The number of nitro groups is 1. The van der Waals surface area contributed by atoms with Crippen LogP contribution in [0.4, 0.5) is 5.69 Å². The number of non-ortho nitro benzene ring substituents is 1. The number of ether oxygens (including phenoxy) is 2. The monoisotopic (exact) mass is 363 g/mol. The molecule has 0 heterocycles. The summed E-state index contributed by atoms with van der Waals surface area (Å²) in [5, 5.41) is 28.8. The van der Waals surface area contributed by atoms with Gasteiger partial charge in [0.25, 0.3) is 5.69 Å². The zero-order valence-corrected chi connectivity index (χ0v) is 14.2. The Balaban J connectivity index is 2.37. The number of hydrogen-bond donors (Lipinski definition) is 0. The van der Waals surface area contributed by atoms with Crippen LogP contribution in [0.1, 0.15) is 15.9 Å². The summed E-state index contributed by atoms with van der Waals surface area (Å²) in [5.74, 6) is 0.0452. The number of nitriles is 2. The molecule has 0 aliphatic carbocycles. The van der Waals surface area contributed by atoms with E-state index in [0.717, 1.165) is 6.07 Å². The minimum absolute atomic E-state index is 0.0398. The van der Waals surface area contributed by atoms with Gasteiger partial charge in [-0.3, -0.25) is 14.9 Å². The molecule has 0 amide bonds. The number of allylic oxidation sites excluding steroid dienone is 1. The van der Waals surface area contributed by atoms with Gasteiger partial charge in [-0.25, -0.2) is 0 Å². The van der Waals surface area contributed by atoms with E-state index in [1.807, 2.05) is 12.1 Å². The Labute approximate surface area is 154 Å². The number of Topliss-reactive ketones (excluding diaryl/α,β-unsaturated/α-hetero) is 1. The van der Waals surface area contributed by atoms with Gasteiger partial charge >= 0.3 is 0 Å². The van der Waals surface area contributed by atoms with Crippen LogP contribution < -0.4 is 9.47 Å². The molecule has 0 fully saturated rings. The third-order valence-electron chi connectivity index (χ3n) is 3.48. The summed E-state index contributed by atoms with van der Waals surface area (Å²) in [4.78, 5) is 22.8. The average molecular weight is 363 g/mol. The van der Waals surface area contributed by atoms with Gasteiger partial charge in [-0.2, -0.15) is 10.5 Å². The van der Waals surface area contributed by atoms with Crippen LogP contribution in [0.25, 0.3) is 6.08 Å². The summed E-state index contributed by atoms with van der Waals surface area (Å²) in [5.41, 5.74) is 0.103. The van der Waals surface area contributed by atoms with Crippen molar-refractivity contribution in [3.05, 3.63) is 69.3 Å². The standard InChI is InChI=1S/C19H13N3O5/c1-26-18-10-13(5-6-17(18)27-8-7-20)9-15(12-21)19(23)14-3-2-4-16(11-14)22(24)25/h2-6,9-11H,8H2,1H3/b15-9+. The number of nitrogens with zero attached hydrogens (tertiary/aromatic N) is 3. The Morgan fingerprint density at radius 2 is 2.00 bits per heavy atom. The number of carbonyl (C=O) groups excluding carboxylic acids is 1. The van der Waals surface area contributed by atoms with E-state index in [9.17, 15) is 20.2 Å². The van der Waals surface area contributed by atoms with Crippen molar-refractivity contribution in [3.63, 3.8) is 0 Å². The van der Waals surface area contributed by atoms with Crippen molar-refractivity contribution in [2.45, 2.75) is 0 Å². The van der Waals surface area contributed by atoms with Gasteiger partial charge in [0.2, 0.25) is 5.78 Å². The summed E-state index contributed by atoms with van der Waals surface area (Å²) in [6.07, 6.45) is 1.34. The quantitative estimate of drug-likeness (QED) is 0.243. The van der Waals surface area contributed by atoms with Crippen LogP contribution in [0.5, 0.6) is 11.5 Å². The molecule has 0 atom stereocenters. The Hall–Kier alpha value is -4.17. The Bertz CT molecular complexity index is 999. The lowest BCUT2D eigenvalue weighted by molar-refractivity contribution is -0.384. The SMILES string of the molecule is COc1cc(/C=C(\C#N)C(=O)c2cccc([N+](=O)[O-])c2)ccc1OCC#N. The van der Waals surface area contributed by atoms with E-state index in [1.54, 1.807) is 18.2 Å². The molecule has 8 heteroatoms. The van der Waals surface area contributed by atoms with Gasteiger partial charge in [-0.1, -0.05) is 18.2 Å². The van der Waals surface area contributed by atoms with E-state index in [-0.39, 0.29) is 23.4 Å². The van der Waals surface area contributed by atoms with Crippen LogP contribution in [0.3, 0.4) is 0 Å². The van der Waals surface area contributed by atoms with Crippen molar-refractivity contribution in [2.75, 3.05) is 13.7 Å². The molecule has 2 aromatic rings. The third kappa shape index (κ3) is 4.68. The Kier molecular flexibility index (Phi) is 6.24. The van der Waals surface area contributed by atoms with Crippen molar-refractivity contribution < 1.29 is 19.2 Å². The Morgan fingerprint density at radius 1 is 1.22 bits per heavy atom. The first-order valence-electron chi connectivity index (χ1n) is 7.59. The van der Waals surface area contributed by atoms with Crippen LogP contribution in [0, 0.1) is 32.8 Å². The number of rotatable bonds is 7. The first-order chi connectivity index (χ1) is 13.0. The molecule has 0 unspecified atom stereocenters. The highest BCUT2D eigenvalue weighted by molar-refractivity contribution is 6.14. The number of methoxy groups -OCH3 is 1. The summed E-state index contributed by atoms with van der Waals surface area (Å²) >= 11 is 0. The summed E-state index contributed by atoms with van der Waals surface area (Å²) in [6.45, 7) is -0.153. The molecular formula is C19H13N3O5. The van der Waals surface area contributed by atoms with Crippen LogP contribution in [0.2, 0.25) is 0 Å². The van der Waals surface area contributed by atoms with E-state index in [4.69, 9.17) is 14.7 Å². The highest BCUT2D eigenvalue weighted by Crippen LogP contribution is 2.29. The first kappa shape index (κ1) is 19.2. The normalized spacial score (nSPS) is 10.4. The minimum Gasteiger partial charge on any atom is -0.493 e. The molecule has 2 aromatic carbocycles. The number of nitro benzene ring substituents is 1. The predicted octanol–water partition coefficient (Wildman–Crippen LogP) is 3.30. The zero-order chi connectivity index (χ0) is 19.8. The van der Waals surface area contributed by atoms with Crippen LogP contribution in [0.15, 0.2) is 48.0 Å². The van der Waals surface area contributed by atoms with Crippen molar-refractivity contribution in [1.29, 1.82) is 10.5 Å². The van der Waals surface area contributed by atoms with E-state index < -0.39 is 10.7 Å². The maximum Gasteiger partial charge on any atom is 0.270 e. The van der Waals surface area contributed by atoms with Gasteiger partial charge in [0.15, 0.2) is 18.1 Å². The molecule has 0 radical (unpaired) electrons. The van der Waals surface area contributed by atoms with Gasteiger partial charge in [-0.15, -0.1) is 0 Å². The summed E-state index contributed by atoms with van der Waals surface area (Å²) in [7, 11) is 1.42. The predicted molar refractivity (Wildman–Crippen MR) is 95.1 cm³/mol. The second kappa shape index (κ2) is 8.79. The van der Waals surface area contributed by atoms with Crippen LogP contribution >= 0.6 is 0 Å². The lowest BCUT2D eigenvalue weighted by Gasteiger charge is -2.09. The van der Waals surface area contributed by atoms with Crippen LogP contribution in [-0.2, 0) is 0 Å². The summed E-state index contributed by atoms with van der Waals surface area (Å²) < 4.78 is 10.4. The minimum atomic E-state index is -0.634. The maximum absolute atomic E-state index is 12.5. The molecule has 0 N–H and O–H groups in total. The highest BCUT2D eigenvalue weighted by Gasteiger charge is 2.16. The fourth-order valence-corrected chi connectivity index (χ4v) is 2.23. The van der Waals surface area contributed by atoms with Gasteiger partial charge in [0.05, 0.1) is 12.0 Å². The third-order valence-corrected chi connectivity index (χ3v) is 3.48. The molecule has 0 aromatic heterocycles. The topological polar surface area (TPSA) is 126 Å². The molecule has 0 bridgehead atoms. The molecule has 0 saturated heterocycles. The lowest BCUT2D eigenvalue weighted by Crippen LogP contribution is -2.03. The smallest absolute Gasteiger partial charge is 0.270 e. The zero-order valence-electron chi connectivity index (χ0n) is 14.2. The molecule has 0 aliphatic heterocycles. The molecule has 8 nitrogen and oxygen atoms in total. The van der Waals surface area contributed by atoms with E-state index in [2.05, 4.69) is 0 Å². The van der Waals surface area contributed by atoms with E-state index in [1.165, 1.54) is 31.4 Å². The lowest BCUT2D eigenvalue weighted by atomic mass is 10.0. The van der Waals surface area contributed by atoms with Crippen molar-refractivity contribution in [3.8, 4) is 23.6 Å². The van der Waals surface area contributed by atoms with E-state index in [0.29, 0.717) is 17.1 Å². The molecule has 2 rings (SSSR count). The van der Waals surface area contributed by atoms with Crippen molar-refractivity contribution >= 4 is 17.5 Å². The number of benzene rings is 2. The van der Waals surface area contributed by atoms with E-state index >= 15 is 0 Å². The molecule has 134 valence electrons. The second-order valence-electron chi connectivity index (χ2n) is 5.16. The van der Waals surface area contributed by atoms with Gasteiger partial charge in [0, 0.05) is 17.7 Å². The molecular weight excluding hydrogens is 350 g/mol. The fraction of sp³-hybridized carbons (Fsp3) is 0.105. The second-order valence-corrected chi connectivity index (χ2v) is 5.16. The summed E-state index contributed by atoms with van der Waals surface area (Å²) in [6, 6.07) is 13.5. The van der Waals surface area contributed by atoms with Crippen LogP contribution in [-0.4, -0.2) is 24.4 Å². The Morgan fingerprint density at radius 3 is 2.63 bits per heavy atom. The molecule has 27 heavy (non-hydrogen) atoms. The maximum atomic E-state index is 12.5. The fourth-order valence-electron chi connectivity index (χ4n) is 2.23. The average Bonchev–Trinajstić information content (AvgIpc) is 2.70. The van der Waals surface area contributed by atoms with Crippen molar-refractivity contribution in [2.24, 2.45) is 0 Å². The largest absolute Gasteiger partial charge is 0.493 e. The molecule has 0 aliphatic rings. The highest BCUT2D eigenvalue weighted by atomic mass is 16.6. The number of ketones is 1. The first-order valence-corrected chi connectivity index (χ1v) is 7.59. The van der Waals surface area contributed by atoms with Gasteiger partial charge in [0.1, 0.15) is 17.7 Å². The molecule has 0 saturated carbocycles. The van der Waals surface area contributed by atoms with Crippen molar-refractivity contribution in [1.82, 2.24) is 0 Å². The number of carbonyl (C=O) groups is 1. The van der Waals surface area contributed by atoms with Gasteiger partial charge < -0.3 is 9.47 Å². The molecule has 0 spiro atoms. The number of hydrogen-bond acceptors (Lipinski definition) is 7. The van der Waals surface area contributed by atoms with Gasteiger partial charge in [-0.05, 0) is 23.8 Å².